The third-order valence-electron chi connectivity index (χ3n) is 3.19. The van der Waals surface area contributed by atoms with Gasteiger partial charge in [-0.1, -0.05) is 30.3 Å². The number of ether oxygens (including phenoxy) is 1. The van der Waals surface area contributed by atoms with Gasteiger partial charge in [0.2, 0.25) is 0 Å². The van der Waals surface area contributed by atoms with Crippen molar-refractivity contribution in [3.63, 3.8) is 0 Å². The third kappa shape index (κ3) is 4.04. The molecule has 6 heteroatoms. The largest absolute Gasteiger partial charge is 0.445 e. The average Bonchev–Trinajstić information content (AvgIpc) is 2.46. The van der Waals surface area contributed by atoms with E-state index in [1.54, 1.807) is 4.90 Å². The maximum atomic E-state index is 11.8. The highest BCUT2D eigenvalue weighted by molar-refractivity contribution is 7.79. The molecule has 0 aliphatic carbocycles. The summed E-state index contributed by atoms with van der Waals surface area (Å²) in [6, 6.07) is 9.49. The van der Waals surface area contributed by atoms with Crippen LogP contribution in [-0.4, -0.2) is 38.1 Å². The van der Waals surface area contributed by atoms with Crippen molar-refractivity contribution in [1.82, 2.24) is 4.90 Å². The van der Waals surface area contributed by atoms with Gasteiger partial charge in [-0.3, -0.25) is 0 Å². The molecule has 0 bridgehead atoms. The Morgan fingerprint density at radius 3 is 2.53 bits per heavy atom. The molecule has 104 valence electrons. The summed E-state index contributed by atoms with van der Waals surface area (Å²) in [5.74, 6) is 0. The van der Waals surface area contributed by atoms with E-state index in [0.717, 1.165) is 5.56 Å². The molecular weight excluding hydrogens is 266 g/mol. The SMILES string of the molecule is O=C(OCc1ccccc1)N1CCC(S(=O)O)CC1. The fourth-order valence-corrected chi connectivity index (χ4v) is 2.66. The van der Waals surface area contributed by atoms with E-state index in [1.165, 1.54) is 0 Å². The normalized spacial score (nSPS) is 18.1. The molecule has 0 radical (unpaired) electrons. The van der Waals surface area contributed by atoms with Gasteiger partial charge >= 0.3 is 6.09 Å². The fourth-order valence-electron chi connectivity index (χ4n) is 2.05. The summed E-state index contributed by atoms with van der Waals surface area (Å²) in [7, 11) is 0. The summed E-state index contributed by atoms with van der Waals surface area (Å²) in [6.45, 7) is 1.21. The topological polar surface area (TPSA) is 66.8 Å². The van der Waals surface area contributed by atoms with Crippen LogP contribution in [0.25, 0.3) is 0 Å². The minimum absolute atomic E-state index is 0.224. The number of nitrogens with zero attached hydrogens (tertiary/aromatic N) is 1. The summed E-state index contributed by atoms with van der Waals surface area (Å²) >= 11 is -1.79. The maximum absolute atomic E-state index is 11.8. The first-order chi connectivity index (χ1) is 9.16. The zero-order valence-corrected chi connectivity index (χ0v) is 11.3. The Morgan fingerprint density at radius 2 is 1.95 bits per heavy atom. The molecule has 0 saturated carbocycles. The van der Waals surface area contributed by atoms with Crippen LogP contribution in [0.4, 0.5) is 4.79 Å². The lowest BCUT2D eigenvalue weighted by Crippen LogP contribution is -2.41. The summed E-state index contributed by atoms with van der Waals surface area (Å²) in [6.07, 6.45) is 0.735. The fraction of sp³-hybridized carbons (Fsp3) is 0.462. The first kappa shape index (κ1) is 14.0. The molecule has 1 atom stereocenters. The smallest absolute Gasteiger partial charge is 0.410 e. The van der Waals surface area contributed by atoms with Crippen LogP contribution in [-0.2, 0) is 22.4 Å². The van der Waals surface area contributed by atoms with Crippen LogP contribution < -0.4 is 0 Å². The van der Waals surface area contributed by atoms with Crippen LogP contribution in [0.5, 0.6) is 0 Å². The first-order valence-electron chi connectivity index (χ1n) is 6.22. The van der Waals surface area contributed by atoms with Crippen LogP contribution in [0.1, 0.15) is 18.4 Å². The molecule has 1 unspecified atom stereocenters. The highest BCUT2D eigenvalue weighted by atomic mass is 32.2. The molecule has 19 heavy (non-hydrogen) atoms. The molecule has 5 nitrogen and oxygen atoms in total. The lowest BCUT2D eigenvalue weighted by molar-refractivity contribution is 0.0897. The summed E-state index contributed by atoms with van der Waals surface area (Å²) < 4.78 is 25.1. The van der Waals surface area contributed by atoms with Crippen molar-refractivity contribution in [2.75, 3.05) is 13.1 Å². The van der Waals surface area contributed by atoms with Gasteiger partial charge in [-0.2, -0.15) is 0 Å². The van der Waals surface area contributed by atoms with Crippen LogP contribution >= 0.6 is 0 Å². The van der Waals surface area contributed by atoms with E-state index < -0.39 is 11.1 Å². The summed E-state index contributed by atoms with van der Waals surface area (Å²) in [5, 5.41) is -0.224. The first-order valence-corrected chi connectivity index (χ1v) is 7.39. The number of carbonyl (C=O) groups excluding carboxylic acids is 1. The minimum Gasteiger partial charge on any atom is -0.445 e. The predicted molar refractivity (Wildman–Crippen MR) is 72.0 cm³/mol. The molecule has 1 saturated heterocycles. The molecule has 1 amide bonds. The maximum Gasteiger partial charge on any atom is 0.410 e. The molecule has 0 spiro atoms. The van der Waals surface area contributed by atoms with Crippen molar-refractivity contribution >= 4 is 17.2 Å². The summed E-state index contributed by atoms with van der Waals surface area (Å²) in [4.78, 5) is 13.4. The molecule has 1 aliphatic rings. The van der Waals surface area contributed by atoms with Crippen molar-refractivity contribution in [1.29, 1.82) is 0 Å². The Kier molecular flexibility index (Phi) is 4.93. The van der Waals surface area contributed by atoms with Crippen LogP contribution in [0.15, 0.2) is 30.3 Å². The quantitative estimate of drug-likeness (QED) is 0.862. The number of benzene rings is 1. The molecule has 1 heterocycles. The van der Waals surface area contributed by atoms with Crippen LogP contribution in [0, 0.1) is 0 Å². The van der Waals surface area contributed by atoms with E-state index in [2.05, 4.69) is 0 Å². The molecule has 1 aromatic rings. The van der Waals surface area contributed by atoms with E-state index in [0.29, 0.717) is 25.9 Å². The minimum atomic E-state index is -1.79. The van der Waals surface area contributed by atoms with E-state index in [4.69, 9.17) is 9.29 Å². The summed E-state index contributed by atoms with van der Waals surface area (Å²) in [5.41, 5.74) is 0.946. The van der Waals surface area contributed by atoms with Gasteiger partial charge in [0, 0.05) is 13.1 Å². The lowest BCUT2D eigenvalue weighted by atomic mass is 10.1. The van der Waals surface area contributed by atoms with Gasteiger partial charge in [-0.25, -0.2) is 9.00 Å². The highest BCUT2D eigenvalue weighted by Gasteiger charge is 2.26. The van der Waals surface area contributed by atoms with Gasteiger partial charge in [0.15, 0.2) is 11.1 Å². The van der Waals surface area contributed by atoms with Gasteiger partial charge in [-0.15, -0.1) is 0 Å². The van der Waals surface area contributed by atoms with E-state index in [-0.39, 0.29) is 18.0 Å². The third-order valence-corrected chi connectivity index (χ3v) is 4.23. The monoisotopic (exact) mass is 283 g/mol. The van der Waals surface area contributed by atoms with Crippen molar-refractivity contribution in [3.8, 4) is 0 Å². The number of amides is 1. The van der Waals surface area contributed by atoms with E-state index in [1.807, 2.05) is 30.3 Å². The molecule has 1 N–H and O–H groups in total. The standard InChI is InChI=1S/C13H17NO4S/c15-13(18-10-11-4-2-1-3-5-11)14-8-6-12(7-9-14)19(16)17/h1-5,12H,6-10H2,(H,16,17). The van der Waals surface area contributed by atoms with Crippen molar-refractivity contribution in [2.24, 2.45) is 0 Å². The number of rotatable bonds is 3. The van der Waals surface area contributed by atoms with Crippen LogP contribution in [0.3, 0.4) is 0 Å². The molecule has 1 aliphatic heterocycles. The Bertz CT molecular complexity index is 443. The number of likely N-dealkylation sites (tertiary alicyclic amines) is 1. The van der Waals surface area contributed by atoms with Gasteiger partial charge in [-0.05, 0) is 18.4 Å². The van der Waals surface area contributed by atoms with E-state index in [9.17, 15) is 9.00 Å². The molecule has 1 aromatic carbocycles. The second-order valence-corrected chi connectivity index (χ2v) is 5.72. The van der Waals surface area contributed by atoms with Crippen molar-refractivity contribution in [3.05, 3.63) is 35.9 Å². The second kappa shape index (κ2) is 6.68. The molecule has 1 fully saturated rings. The molecule has 0 aromatic heterocycles. The van der Waals surface area contributed by atoms with Crippen LogP contribution in [0.2, 0.25) is 0 Å². The van der Waals surface area contributed by atoms with Gasteiger partial charge < -0.3 is 14.2 Å². The number of hydrogen-bond donors (Lipinski definition) is 1. The van der Waals surface area contributed by atoms with Gasteiger partial charge in [0.25, 0.3) is 0 Å². The Hall–Kier alpha value is -1.40. The van der Waals surface area contributed by atoms with Gasteiger partial charge in [0.1, 0.15) is 6.61 Å². The van der Waals surface area contributed by atoms with Crippen molar-refractivity contribution < 1.29 is 18.3 Å². The zero-order valence-electron chi connectivity index (χ0n) is 10.5. The number of hydrogen-bond acceptors (Lipinski definition) is 3. The number of piperidine rings is 1. The number of carbonyl (C=O) groups is 1. The Morgan fingerprint density at radius 1 is 1.32 bits per heavy atom. The average molecular weight is 283 g/mol. The second-order valence-electron chi connectivity index (χ2n) is 4.50. The van der Waals surface area contributed by atoms with E-state index >= 15 is 0 Å². The Labute approximate surface area is 114 Å². The molecule has 2 rings (SSSR count). The predicted octanol–water partition coefficient (Wildman–Crippen LogP) is 2.01. The lowest BCUT2D eigenvalue weighted by Gasteiger charge is -2.29. The highest BCUT2D eigenvalue weighted by Crippen LogP contribution is 2.15. The van der Waals surface area contributed by atoms with Crippen molar-refractivity contribution in [2.45, 2.75) is 24.7 Å². The Balaban J connectivity index is 1.77. The molecular formula is C13H17NO4S. The van der Waals surface area contributed by atoms with Gasteiger partial charge in [0.05, 0.1) is 5.25 Å². The zero-order chi connectivity index (χ0) is 13.7.